The van der Waals surface area contributed by atoms with Gasteiger partial charge in [-0.05, 0) is 24.3 Å². The summed E-state index contributed by atoms with van der Waals surface area (Å²) in [7, 11) is 1.68. The Hall–Kier alpha value is -2.46. The fourth-order valence-corrected chi connectivity index (χ4v) is 3.06. The zero-order valence-electron chi connectivity index (χ0n) is 14.4. The number of hydrogen-bond donors (Lipinski definition) is 3. The van der Waals surface area contributed by atoms with E-state index in [1.807, 2.05) is 36.4 Å². The number of ether oxygens (including phenoxy) is 1. The number of nitrogens with one attached hydrogen (secondary N) is 1. The first kappa shape index (κ1) is 16.4. The second kappa shape index (κ2) is 6.97. The number of para-hydroxylation sites is 1. The van der Waals surface area contributed by atoms with Gasteiger partial charge in [-0.3, -0.25) is 0 Å². The molecule has 2 unspecified atom stereocenters. The van der Waals surface area contributed by atoms with Crippen molar-refractivity contribution < 1.29 is 15.2 Å². The molecule has 126 valence electrons. The van der Waals surface area contributed by atoms with E-state index < -0.39 is 0 Å². The quantitative estimate of drug-likeness (QED) is 0.810. The van der Waals surface area contributed by atoms with Crippen molar-refractivity contribution in [3.63, 3.8) is 0 Å². The topological polar surface area (TPSA) is 58.1 Å². The van der Waals surface area contributed by atoms with E-state index in [-0.39, 0.29) is 12.2 Å². The molecule has 0 aromatic heterocycles. The number of benzene rings is 2. The Kier molecular flexibility index (Phi) is 4.76. The lowest BCUT2D eigenvalue weighted by atomic mass is 9.97. The predicted molar refractivity (Wildman–Crippen MR) is 95.5 cm³/mol. The Morgan fingerprint density at radius 1 is 1.12 bits per heavy atom. The van der Waals surface area contributed by atoms with Crippen LogP contribution in [0.2, 0.25) is 0 Å². The van der Waals surface area contributed by atoms with Gasteiger partial charge in [0.05, 0.1) is 12.7 Å². The van der Waals surface area contributed by atoms with Crippen LogP contribution >= 0.6 is 0 Å². The molecule has 4 N–H and O–H groups in total. The Balaban J connectivity index is 2.01. The number of quaternary nitrogens is 1. The maximum absolute atomic E-state index is 10.2. The maximum Gasteiger partial charge on any atom is 0.162 e. The van der Waals surface area contributed by atoms with Crippen LogP contribution in [0.1, 0.15) is 31.0 Å². The van der Waals surface area contributed by atoms with Crippen LogP contribution in [0.15, 0.2) is 54.6 Å². The molecule has 0 radical (unpaired) electrons. The Morgan fingerprint density at radius 3 is 2.62 bits per heavy atom. The molecule has 0 saturated carbocycles. The van der Waals surface area contributed by atoms with Crippen molar-refractivity contribution in [2.75, 3.05) is 7.11 Å². The summed E-state index contributed by atoms with van der Waals surface area (Å²) in [5.74, 6) is 1.63. The molecule has 2 atom stereocenters. The summed E-state index contributed by atoms with van der Waals surface area (Å²) in [5, 5.41) is 16.1. The van der Waals surface area contributed by atoms with Gasteiger partial charge in [0.1, 0.15) is 17.5 Å². The molecule has 0 bridgehead atoms. The number of aromatic hydroxyl groups is 1. The average Bonchev–Trinajstić information content (AvgIpc) is 2.61. The van der Waals surface area contributed by atoms with E-state index in [1.165, 1.54) is 0 Å². The summed E-state index contributed by atoms with van der Waals surface area (Å²) in [4.78, 5) is 0. The van der Waals surface area contributed by atoms with E-state index in [4.69, 9.17) is 4.74 Å². The molecule has 2 aromatic carbocycles. The second-order valence-corrected chi connectivity index (χ2v) is 6.50. The van der Waals surface area contributed by atoms with Crippen molar-refractivity contribution in [3.8, 4) is 11.5 Å². The van der Waals surface area contributed by atoms with E-state index in [0.717, 1.165) is 22.6 Å². The van der Waals surface area contributed by atoms with E-state index in [1.54, 1.807) is 13.2 Å². The van der Waals surface area contributed by atoms with Gasteiger partial charge < -0.3 is 20.5 Å². The third-order valence-corrected chi connectivity index (χ3v) is 4.48. The van der Waals surface area contributed by atoms with Gasteiger partial charge in [0.2, 0.25) is 0 Å². The molecule has 4 heteroatoms. The fraction of sp³-hybridized carbons (Fsp3) is 0.300. The fourth-order valence-electron chi connectivity index (χ4n) is 3.06. The third kappa shape index (κ3) is 3.39. The first-order chi connectivity index (χ1) is 11.6. The van der Waals surface area contributed by atoms with Crippen LogP contribution in [0.3, 0.4) is 0 Å². The summed E-state index contributed by atoms with van der Waals surface area (Å²) in [6, 6.07) is 15.7. The van der Waals surface area contributed by atoms with Crippen molar-refractivity contribution in [2.45, 2.75) is 26.1 Å². The van der Waals surface area contributed by atoms with Gasteiger partial charge >= 0.3 is 0 Å². The number of rotatable bonds is 4. The van der Waals surface area contributed by atoms with Crippen molar-refractivity contribution in [3.05, 3.63) is 65.7 Å². The summed E-state index contributed by atoms with van der Waals surface area (Å²) >= 11 is 0. The maximum atomic E-state index is 10.2. The molecule has 24 heavy (non-hydrogen) atoms. The number of methoxy groups -OCH3 is 1. The summed E-state index contributed by atoms with van der Waals surface area (Å²) < 4.78 is 5.35. The van der Waals surface area contributed by atoms with Gasteiger partial charge in [-0.25, -0.2) is 0 Å². The lowest BCUT2D eigenvalue weighted by Crippen LogP contribution is -2.96. The monoisotopic (exact) mass is 325 g/mol. The molecule has 0 aliphatic carbocycles. The Labute approximate surface area is 143 Å². The molecule has 1 heterocycles. The first-order valence-electron chi connectivity index (χ1n) is 8.34. The van der Waals surface area contributed by atoms with E-state index in [0.29, 0.717) is 11.7 Å². The molecule has 0 saturated heterocycles. The Bertz CT molecular complexity index is 740. The number of nitrogens with two attached hydrogens (primary N) is 1. The lowest BCUT2D eigenvalue weighted by Gasteiger charge is -2.32. The highest BCUT2D eigenvalue weighted by atomic mass is 16.5. The number of hydrogen-bond acceptors (Lipinski definition) is 3. The SMILES string of the molecule is COc1cccc(C2=CC(c3ccccc3O)[NH2+]C(C(C)C)N2)c1. The summed E-state index contributed by atoms with van der Waals surface area (Å²) in [6.45, 7) is 4.40. The van der Waals surface area contributed by atoms with Gasteiger partial charge in [0.15, 0.2) is 6.17 Å². The largest absolute Gasteiger partial charge is 0.507 e. The molecule has 0 fully saturated rings. The molecule has 1 aliphatic rings. The minimum absolute atomic E-state index is 0.0704. The summed E-state index contributed by atoms with van der Waals surface area (Å²) in [6.07, 6.45) is 2.41. The predicted octanol–water partition coefficient (Wildman–Crippen LogP) is 2.63. The second-order valence-electron chi connectivity index (χ2n) is 6.50. The van der Waals surface area contributed by atoms with Crippen LogP contribution < -0.4 is 15.4 Å². The van der Waals surface area contributed by atoms with Crippen molar-refractivity contribution in [2.24, 2.45) is 5.92 Å². The van der Waals surface area contributed by atoms with Gasteiger partial charge in [0, 0.05) is 23.3 Å². The van der Waals surface area contributed by atoms with Crippen LogP contribution in [0.4, 0.5) is 0 Å². The van der Waals surface area contributed by atoms with Crippen LogP contribution in [0.25, 0.3) is 5.70 Å². The lowest BCUT2D eigenvalue weighted by molar-refractivity contribution is -0.729. The van der Waals surface area contributed by atoms with E-state index in [9.17, 15) is 5.11 Å². The van der Waals surface area contributed by atoms with Gasteiger partial charge in [-0.1, -0.05) is 38.1 Å². The molecule has 1 aliphatic heterocycles. The minimum Gasteiger partial charge on any atom is -0.507 e. The van der Waals surface area contributed by atoms with Crippen LogP contribution in [0, 0.1) is 5.92 Å². The van der Waals surface area contributed by atoms with Crippen LogP contribution in [0.5, 0.6) is 11.5 Å². The zero-order chi connectivity index (χ0) is 17.1. The summed E-state index contributed by atoms with van der Waals surface area (Å²) in [5.41, 5.74) is 3.10. The number of phenolic OH excluding ortho intramolecular Hbond substituents is 1. The highest BCUT2D eigenvalue weighted by Gasteiger charge is 2.29. The molecule has 0 amide bonds. The van der Waals surface area contributed by atoms with Crippen molar-refractivity contribution >= 4 is 5.70 Å². The highest BCUT2D eigenvalue weighted by Crippen LogP contribution is 2.28. The molecule has 3 rings (SSSR count). The van der Waals surface area contributed by atoms with Gasteiger partial charge in [-0.15, -0.1) is 0 Å². The van der Waals surface area contributed by atoms with Gasteiger partial charge in [-0.2, -0.15) is 0 Å². The molecular weight excluding hydrogens is 300 g/mol. The smallest absolute Gasteiger partial charge is 0.162 e. The van der Waals surface area contributed by atoms with Crippen LogP contribution in [-0.2, 0) is 0 Å². The van der Waals surface area contributed by atoms with Crippen LogP contribution in [-0.4, -0.2) is 18.4 Å². The Morgan fingerprint density at radius 2 is 1.92 bits per heavy atom. The third-order valence-electron chi connectivity index (χ3n) is 4.48. The van der Waals surface area contributed by atoms with E-state index >= 15 is 0 Å². The highest BCUT2D eigenvalue weighted by molar-refractivity contribution is 5.66. The molecule has 4 nitrogen and oxygen atoms in total. The number of phenols is 1. The van der Waals surface area contributed by atoms with E-state index in [2.05, 4.69) is 36.6 Å². The average molecular weight is 325 g/mol. The molecular formula is C20H25N2O2+. The normalized spacial score (nSPS) is 20.4. The first-order valence-corrected chi connectivity index (χ1v) is 8.34. The van der Waals surface area contributed by atoms with Crippen molar-refractivity contribution in [1.82, 2.24) is 5.32 Å². The molecule has 0 spiro atoms. The molecule has 2 aromatic rings. The zero-order valence-corrected chi connectivity index (χ0v) is 14.4. The van der Waals surface area contributed by atoms with Gasteiger partial charge in [0.25, 0.3) is 0 Å². The standard InChI is InChI=1S/C20H24N2O2/c1-13(2)20-21-17(14-7-6-8-15(11-14)24-3)12-18(22-20)16-9-4-5-10-19(16)23/h4-13,18,20-23H,1-3H3/p+1. The minimum atomic E-state index is 0.0704. The van der Waals surface area contributed by atoms with Crippen molar-refractivity contribution in [1.29, 1.82) is 0 Å².